The summed E-state index contributed by atoms with van der Waals surface area (Å²) in [5.74, 6) is 2.33. The molecule has 0 saturated carbocycles. The van der Waals surface area contributed by atoms with E-state index in [0.717, 1.165) is 53.8 Å². The maximum atomic E-state index is 12.7. The van der Waals surface area contributed by atoms with Crippen molar-refractivity contribution in [3.63, 3.8) is 0 Å². The van der Waals surface area contributed by atoms with E-state index in [1.54, 1.807) is 6.20 Å². The van der Waals surface area contributed by atoms with E-state index in [1.807, 2.05) is 56.3 Å². The second-order valence-electron chi connectivity index (χ2n) is 8.09. The van der Waals surface area contributed by atoms with Crippen molar-refractivity contribution in [3.05, 3.63) is 70.8 Å². The van der Waals surface area contributed by atoms with Gasteiger partial charge in [0.15, 0.2) is 11.0 Å². The molecule has 0 radical (unpaired) electrons. The predicted octanol–water partition coefficient (Wildman–Crippen LogP) is 4.84. The van der Waals surface area contributed by atoms with Gasteiger partial charge in [-0.1, -0.05) is 35.5 Å². The van der Waals surface area contributed by atoms with Crippen molar-refractivity contribution in [2.24, 2.45) is 0 Å². The number of aryl methyl sites for hydroxylation is 2. The Morgan fingerprint density at radius 1 is 1.09 bits per heavy atom. The number of aromatic nitrogens is 4. The molecule has 1 fully saturated rings. The van der Waals surface area contributed by atoms with Gasteiger partial charge in [0.2, 0.25) is 5.89 Å². The van der Waals surface area contributed by atoms with Crippen LogP contribution in [-0.4, -0.2) is 39.1 Å². The Morgan fingerprint density at radius 3 is 2.55 bits per heavy atom. The SMILES string of the molecule is Cc1noc(C2CCN(c3ccc(C(=O)Nc4nc(-c5ccccc5)c(C)s4)cn3)CC2)n1. The van der Waals surface area contributed by atoms with Gasteiger partial charge in [0, 0.05) is 35.6 Å². The molecule has 1 aliphatic heterocycles. The number of amides is 1. The quantitative estimate of drug-likeness (QED) is 0.455. The average Bonchev–Trinajstić information content (AvgIpc) is 3.45. The summed E-state index contributed by atoms with van der Waals surface area (Å²) in [6, 6.07) is 13.7. The third-order valence-electron chi connectivity index (χ3n) is 5.79. The van der Waals surface area contributed by atoms with Crippen molar-refractivity contribution in [2.75, 3.05) is 23.3 Å². The summed E-state index contributed by atoms with van der Waals surface area (Å²) in [6.07, 6.45) is 3.48. The number of carbonyl (C=O) groups is 1. The van der Waals surface area contributed by atoms with E-state index in [4.69, 9.17) is 4.52 Å². The van der Waals surface area contributed by atoms with E-state index in [2.05, 4.69) is 30.3 Å². The van der Waals surface area contributed by atoms with E-state index in [0.29, 0.717) is 16.5 Å². The summed E-state index contributed by atoms with van der Waals surface area (Å²) >= 11 is 1.47. The highest BCUT2D eigenvalue weighted by Crippen LogP contribution is 2.31. The summed E-state index contributed by atoms with van der Waals surface area (Å²) in [6.45, 7) is 5.55. The maximum absolute atomic E-state index is 12.7. The van der Waals surface area contributed by atoms with Gasteiger partial charge in [-0.15, -0.1) is 11.3 Å². The topological polar surface area (TPSA) is 97.0 Å². The molecular formula is C24H24N6O2S. The Labute approximate surface area is 195 Å². The first-order valence-electron chi connectivity index (χ1n) is 10.9. The van der Waals surface area contributed by atoms with Crippen LogP contribution in [0.1, 0.15) is 45.7 Å². The minimum atomic E-state index is -0.215. The van der Waals surface area contributed by atoms with E-state index in [9.17, 15) is 4.79 Å². The molecule has 0 unspecified atom stereocenters. The summed E-state index contributed by atoms with van der Waals surface area (Å²) in [5.41, 5.74) is 2.43. The fourth-order valence-electron chi connectivity index (χ4n) is 4.02. The van der Waals surface area contributed by atoms with E-state index in [-0.39, 0.29) is 11.8 Å². The number of benzene rings is 1. The van der Waals surface area contributed by atoms with Gasteiger partial charge in [-0.2, -0.15) is 4.98 Å². The van der Waals surface area contributed by atoms with Gasteiger partial charge in [-0.25, -0.2) is 9.97 Å². The van der Waals surface area contributed by atoms with Crippen LogP contribution in [-0.2, 0) is 0 Å². The largest absolute Gasteiger partial charge is 0.357 e. The van der Waals surface area contributed by atoms with Gasteiger partial charge < -0.3 is 9.42 Å². The lowest BCUT2D eigenvalue weighted by molar-refractivity contribution is 0.102. The lowest BCUT2D eigenvalue weighted by Crippen LogP contribution is -2.33. The van der Waals surface area contributed by atoms with Crippen LogP contribution in [0.3, 0.4) is 0 Å². The Kier molecular flexibility index (Phi) is 5.87. The first kappa shape index (κ1) is 21.3. The number of hydrogen-bond donors (Lipinski definition) is 1. The molecule has 168 valence electrons. The van der Waals surface area contributed by atoms with Crippen molar-refractivity contribution >= 4 is 28.2 Å². The highest BCUT2D eigenvalue weighted by molar-refractivity contribution is 7.16. The van der Waals surface area contributed by atoms with Crippen molar-refractivity contribution < 1.29 is 9.32 Å². The summed E-state index contributed by atoms with van der Waals surface area (Å²) in [5, 5.41) is 7.38. The second kappa shape index (κ2) is 9.11. The Morgan fingerprint density at radius 2 is 1.88 bits per heavy atom. The van der Waals surface area contributed by atoms with Crippen molar-refractivity contribution in [2.45, 2.75) is 32.6 Å². The van der Waals surface area contributed by atoms with Crippen molar-refractivity contribution in [1.29, 1.82) is 0 Å². The van der Waals surface area contributed by atoms with Gasteiger partial charge in [-0.05, 0) is 38.8 Å². The van der Waals surface area contributed by atoms with Crippen LogP contribution < -0.4 is 10.2 Å². The second-order valence-corrected chi connectivity index (χ2v) is 9.29. The number of pyridine rings is 1. The van der Waals surface area contributed by atoms with Crippen LogP contribution in [0.2, 0.25) is 0 Å². The van der Waals surface area contributed by atoms with E-state index in [1.165, 1.54) is 11.3 Å². The molecule has 1 N–H and O–H groups in total. The number of rotatable bonds is 5. The van der Waals surface area contributed by atoms with Crippen molar-refractivity contribution in [1.82, 2.24) is 20.1 Å². The van der Waals surface area contributed by atoms with Gasteiger partial charge in [-0.3, -0.25) is 10.1 Å². The summed E-state index contributed by atoms with van der Waals surface area (Å²) < 4.78 is 5.33. The number of anilines is 2. The Bertz CT molecular complexity index is 1240. The molecule has 8 nitrogen and oxygen atoms in total. The van der Waals surface area contributed by atoms with E-state index < -0.39 is 0 Å². The minimum Gasteiger partial charge on any atom is -0.357 e. The molecule has 0 bridgehead atoms. The zero-order valence-corrected chi connectivity index (χ0v) is 19.3. The fourth-order valence-corrected chi connectivity index (χ4v) is 4.86. The molecule has 5 rings (SSSR count). The molecule has 1 saturated heterocycles. The molecule has 4 aromatic rings. The summed E-state index contributed by atoms with van der Waals surface area (Å²) in [4.78, 5) is 29.5. The fraction of sp³-hybridized carbons (Fsp3) is 0.292. The van der Waals surface area contributed by atoms with Gasteiger partial charge in [0.25, 0.3) is 5.91 Å². The third-order valence-corrected chi connectivity index (χ3v) is 6.67. The maximum Gasteiger partial charge on any atom is 0.259 e. The minimum absolute atomic E-state index is 0.215. The summed E-state index contributed by atoms with van der Waals surface area (Å²) in [7, 11) is 0. The molecule has 0 aliphatic carbocycles. The lowest BCUT2D eigenvalue weighted by Gasteiger charge is -2.31. The smallest absolute Gasteiger partial charge is 0.259 e. The number of thiazole rings is 1. The van der Waals surface area contributed by atoms with Crippen LogP contribution in [0.4, 0.5) is 10.9 Å². The number of nitrogens with zero attached hydrogens (tertiary/aromatic N) is 5. The normalized spacial score (nSPS) is 14.4. The molecule has 33 heavy (non-hydrogen) atoms. The molecule has 9 heteroatoms. The number of nitrogens with one attached hydrogen (secondary N) is 1. The number of piperidine rings is 1. The highest BCUT2D eigenvalue weighted by atomic mass is 32.1. The van der Waals surface area contributed by atoms with Crippen molar-refractivity contribution in [3.8, 4) is 11.3 Å². The molecule has 4 heterocycles. The molecule has 3 aromatic heterocycles. The third kappa shape index (κ3) is 4.63. The average molecular weight is 461 g/mol. The first-order valence-corrected chi connectivity index (χ1v) is 11.7. The molecule has 0 atom stereocenters. The van der Waals surface area contributed by atoms with E-state index >= 15 is 0 Å². The van der Waals surface area contributed by atoms with Gasteiger partial charge >= 0.3 is 0 Å². The monoisotopic (exact) mass is 460 g/mol. The predicted molar refractivity (Wildman–Crippen MR) is 128 cm³/mol. The highest BCUT2D eigenvalue weighted by Gasteiger charge is 2.25. The molecular weight excluding hydrogens is 436 g/mol. The molecule has 1 aliphatic rings. The first-order chi connectivity index (χ1) is 16.1. The Balaban J connectivity index is 1.21. The number of hydrogen-bond acceptors (Lipinski definition) is 8. The molecule has 1 amide bonds. The van der Waals surface area contributed by atoms with Crippen LogP contribution in [0.25, 0.3) is 11.3 Å². The van der Waals surface area contributed by atoms with Crippen LogP contribution >= 0.6 is 11.3 Å². The van der Waals surface area contributed by atoms with Crippen LogP contribution in [0, 0.1) is 13.8 Å². The van der Waals surface area contributed by atoms with Crippen LogP contribution in [0.5, 0.6) is 0 Å². The zero-order chi connectivity index (χ0) is 22.8. The van der Waals surface area contributed by atoms with Gasteiger partial charge in [0.1, 0.15) is 5.82 Å². The van der Waals surface area contributed by atoms with Gasteiger partial charge in [0.05, 0.1) is 11.3 Å². The Hall–Kier alpha value is -3.59. The van der Waals surface area contributed by atoms with Crippen LogP contribution in [0.15, 0.2) is 53.2 Å². The molecule has 1 aromatic carbocycles. The standard InChI is InChI=1S/C24H24N6O2S/c1-15-21(17-6-4-3-5-7-17)27-24(33-15)28-22(31)19-8-9-20(25-14-19)30-12-10-18(11-13-30)23-26-16(2)29-32-23/h3-9,14,18H,10-13H2,1-2H3,(H,27,28,31). The lowest BCUT2D eigenvalue weighted by atomic mass is 9.97. The molecule has 0 spiro atoms. The zero-order valence-electron chi connectivity index (χ0n) is 18.5. The number of carbonyl (C=O) groups excluding carboxylic acids is 1.